The molecule has 2 atom stereocenters. The highest BCUT2D eigenvalue weighted by Crippen LogP contribution is 2.43. The molecule has 2 heterocycles. The van der Waals surface area contributed by atoms with Crippen LogP contribution in [0.2, 0.25) is 0 Å². The molecule has 2 fully saturated rings. The van der Waals surface area contributed by atoms with Gasteiger partial charge in [-0.25, -0.2) is 4.79 Å². The molecule has 0 aliphatic carbocycles. The molecule has 4 rings (SSSR count). The monoisotopic (exact) mass is 394 g/mol. The number of benzene rings is 2. The van der Waals surface area contributed by atoms with E-state index < -0.39 is 0 Å². The van der Waals surface area contributed by atoms with Gasteiger partial charge in [0.1, 0.15) is 0 Å². The third-order valence-electron chi connectivity index (χ3n) is 5.36. The summed E-state index contributed by atoms with van der Waals surface area (Å²) in [6.07, 6.45) is 3.14. The molecule has 4 nitrogen and oxygen atoms in total. The van der Waals surface area contributed by atoms with Crippen molar-refractivity contribution in [3.8, 4) is 0 Å². The second kappa shape index (κ2) is 8.84. The molecule has 0 aromatic heterocycles. The molecule has 2 aliphatic heterocycles. The zero-order valence-corrected chi connectivity index (χ0v) is 17.0. The Kier molecular flexibility index (Phi) is 6.03. The quantitative estimate of drug-likeness (QED) is 0.511. The lowest BCUT2D eigenvalue weighted by atomic mass is 10.1. The number of methoxy groups -OCH3 is 1. The van der Waals surface area contributed by atoms with Crippen molar-refractivity contribution < 1.29 is 9.53 Å². The van der Waals surface area contributed by atoms with Crippen molar-refractivity contribution >= 4 is 17.8 Å². The Balaban J connectivity index is 1.60. The van der Waals surface area contributed by atoms with Gasteiger partial charge in [-0.15, -0.1) is 11.8 Å². The molecule has 5 heteroatoms. The number of hydrogen-bond donors (Lipinski definition) is 0. The summed E-state index contributed by atoms with van der Waals surface area (Å²) in [5, 5.41) is 0. The zero-order chi connectivity index (χ0) is 19.3. The predicted molar refractivity (Wildman–Crippen MR) is 114 cm³/mol. The van der Waals surface area contributed by atoms with E-state index in [2.05, 4.69) is 40.1 Å². The third kappa shape index (κ3) is 3.96. The summed E-state index contributed by atoms with van der Waals surface area (Å²) in [4.78, 5) is 18.8. The van der Waals surface area contributed by atoms with E-state index in [4.69, 9.17) is 4.74 Å². The van der Waals surface area contributed by atoms with Gasteiger partial charge in [-0.1, -0.05) is 66.7 Å². The second-order valence-corrected chi connectivity index (χ2v) is 8.31. The summed E-state index contributed by atoms with van der Waals surface area (Å²) >= 11 is 1.89. The first kappa shape index (κ1) is 19.1. The fraction of sp³-hybridized carbons (Fsp3) is 0.348. The minimum Gasteiger partial charge on any atom is -0.384 e. The van der Waals surface area contributed by atoms with Crippen molar-refractivity contribution in [1.29, 1.82) is 0 Å². The average molecular weight is 395 g/mol. The van der Waals surface area contributed by atoms with Crippen molar-refractivity contribution in [3.63, 3.8) is 0 Å². The number of carbonyl (C=O) groups is 1. The first-order valence-electron chi connectivity index (χ1n) is 9.75. The van der Waals surface area contributed by atoms with E-state index in [1.807, 2.05) is 48.2 Å². The van der Waals surface area contributed by atoms with Crippen LogP contribution in [0.5, 0.6) is 0 Å². The molecule has 2 saturated heterocycles. The fourth-order valence-electron chi connectivity index (χ4n) is 4.01. The van der Waals surface area contributed by atoms with Crippen LogP contribution in [-0.4, -0.2) is 47.4 Å². The van der Waals surface area contributed by atoms with Gasteiger partial charge < -0.3 is 14.5 Å². The molecule has 0 radical (unpaired) electrons. The largest absolute Gasteiger partial charge is 0.384 e. The molecule has 28 heavy (non-hydrogen) atoms. The molecular weight excluding hydrogens is 368 g/mol. The van der Waals surface area contributed by atoms with Gasteiger partial charge in [0.2, 0.25) is 0 Å². The van der Waals surface area contributed by atoms with E-state index in [0.29, 0.717) is 19.7 Å². The van der Waals surface area contributed by atoms with Gasteiger partial charge in [0, 0.05) is 37.5 Å². The number of urea groups is 1. The van der Waals surface area contributed by atoms with Crippen LogP contribution >= 0.6 is 11.8 Å². The molecule has 2 aromatic rings. The van der Waals surface area contributed by atoms with Crippen LogP contribution in [0, 0.1) is 0 Å². The Hall–Kier alpha value is -2.24. The molecule has 2 aliphatic rings. The summed E-state index contributed by atoms with van der Waals surface area (Å²) < 4.78 is 5.21. The number of hydrogen-bond acceptors (Lipinski definition) is 3. The second-order valence-electron chi connectivity index (χ2n) is 7.22. The number of rotatable bonds is 7. The summed E-state index contributed by atoms with van der Waals surface area (Å²) in [5.41, 5.74) is 2.35. The van der Waals surface area contributed by atoms with Gasteiger partial charge in [0.25, 0.3) is 0 Å². The topological polar surface area (TPSA) is 32.8 Å². The number of carbonyl (C=O) groups excluding carboxylic acids is 1. The van der Waals surface area contributed by atoms with Crippen molar-refractivity contribution in [2.24, 2.45) is 0 Å². The van der Waals surface area contributed by atoms with Crippen LogP contribution in [-0.2, 0) is 17.8 Å². The first-order chi connectivity index (χ1) is 13.8. The van der Waals surface area contributed by atoms with Crippen LogP contribution in [0.15, 0.2) is 71.6 Å². The molecule has 0 N–H and O–H groups in total. The van der Waals surface area contributed by atoms with Gasteiger partial charge in [-0.05, 0) is 17.5 Å². The standard InChI is InChI=1S/C23H26N2O2S/c1-27-14-8-13-21-22-20(17-28-21)24(15-18-9-4-2-5-10-18)23(26)25(22)16-19-11-6-3-7-12-19/h2-7,9-13,20,22H,8,14-17H2,1H3/b21-13-. The molecule has 146 valence electrons. The Labute approximate surface area is 171 Å². The fourth-order valence-corrected chi connectivity index (χ4v) is 5.42. The maximum atomic E-state index is 13.4. The number of fused-ring (bicyclic) bond motifs is 1. The minimum atomic E-state index is 0.137. The lowest BCUT2D eigenvalue weighted by molar-refractivity contribution is 0.182. The van der Waals surface area contributed by atoms with E-state index in [9.17, 15) is 4.79 Å². The van der Waals surface area contributed by atoms with Crippen LogP contribution in [0.3, 0.4) is 0 Å². The van der Waals surface area contributed by atoms with E-state index in [0.717, 1.165) is 12.2 Å². The highest BCUT2D eigenvalue weighted by Gasteiger charge is 2.50. The Morgan fingerprint density at radius 1 is 1.00 bits per heavy atom. The maximum absolute atomic E-state index is 13.4. The van der Waals surface area contributed by atoms with Crippen molar-refractivity contribution in [2.75, 3.05) is 19.5 Å². The van der Waals surface area contributed by atoms with E-state index in [1.54, 1.807) is 7.11 Å². The molecule has 2 amide bonds. The molecular formula is C23H26N2O2S. The van der Waals surface area contributed by atoms with Crippen LogP contribution < -0.4 is 0 Å². The molecule has 2 unspecified atom stereocenters. The highest BCUT2D eigenvalue weighted by atomic mass is 32.2. The molecule has 0 bridgehead atoms. The van der Waals surface area contributed by atoms with Gasteiger partial charge in [-0.3, -0.25) is 0 Å². The third-order valence-corrected chi connectivity index (χ3v) is 6.61. The smallest absolute Gasteiger partial charge is 0.321 e. The summed E-state index contributed by atoms with van der Waals surface area (Å²) in [7, 11) is 1.73. The summed E-state index contributed by atoms with van der Waals surface area (Å²) in [6.45, 7) is 2.02. The van der Waals surface area contributed by atoms with Crippen LogP contribution in [0.1, 0.15) is 17.5 Å². The lowest BCUT2D eigenvalue weighted by Crippen LogP contribution is -2.35. The van der Waals surface area contributed by atoms with Crippen molar-refractivity contribution in [3.05, 3.63) is 82.8 Å². The summed E-state index contributed by atoms with van der Waals surface area (Å²) in [5.74, 6) is 0.952. The first-order valence-corrected chi connectivity index (χ1v) is 10.7. The molecule has 0 spiro atoms. The van der Waals surface area contributed by atoms with E-state index >= 15 is 0 Å². The zero-order valence-electron chi connectivity index (χ0n) is 16.2. The Bertz CT molecular complexity index is 825. The number of nitrogens with zero attached hydrogens (tertiary/aromatic N) is 2. The normalized spacial score (nSPS) is 22.9. The molecule has 0 saturated carbocycles. The van der Waals surface area contributed by atoms with Gasteiger partial charge in [0.05, 0.1) is 12.1 Å². The number of ether oxygens (including phenoxy) is 1. The van der Waals surface area contributed by atoms with Gasteiger partial charge in [-0.2, -0.15) is 0 Å². The Morgan fingerprint density at radius 2 is 1.61 bits per heavy atom. The van der Waals surface area contributed by atoms with Crippen molar-refractivity contribution in [1.82, 2.24) is 9.80 Å². The van der Waals surface area contributed by atoms with E-state index in [1.165, 1.54) is 16.0 Å². The Morgan fingerprint density at radius 3 is 2.21 bits per heavy atom. The molecule has 2 aromatic carbocycles. The van der Waals surface area contributed by atoms with Crippen molar-refractivity contribution in [2.45, 2.75) is 31.6 Å². The average Bonchev–Trinajstić information content (AvgIpc) is 3.24. The predicted octanol–water partition coefficient (Wildman–Crippen LogP) is 4.53. The maximum Gasteiger partial charge on any atom is 0.321 e. The van der Waals surface area contributed by atoms with Crippen LogP contribution in [0.25, 0.3) is 0 Å². The number of amides is 2. The lowest BCUT2D eigenvalue weighted by Gasteiger charge is -2.23. The van der Waals surface area contributed by atoms with E-state index in [-0.39, 0.29) is 18.1 Å². The minimum absolute atomic E-state index is 0.137. The summed E-state index contributed by atoms with van der Waals surface area (Å²) in [6, 6.07) is 21.1. The van der Waals surface area contributed by atoms with Gasteiger partial charge in [0.15, 0.2) is 0 Å². The van der Waals surface area contributed by atoms with Gasteiger partial charge >= 0.3 is 6.03 Å². The SMILES string of the molecule is COCC/C=C1\SCC2C1N(Cc1ccccc1)C(=O)N2Cc1ccccc1. The number of thioether (sulfide) groups is 1. The van der Waals surface area contributed by atoms with Crippen LogP contribution in [0.4, 0.5) is 4.79 Å². The highest BCUT2D eigenvalue weighted by molar-refractivity contribution is 8.03.